The lowest BCUT2D eigenvalue weighted by Crippen LogP contribution is -2.50. The summed E-state index contributed by atoms with van der Waals surface area (Å²) in [5, 5.41) is 17.4. The maximum absolute atomic E-state index is 13.5. The Balaban J connectivity index is 2.79. The number of nitrogens with zero attached hydrogens (tertiary/aromatic N) is 1. The smallest absolute Gasteiger partial charge is 0.348 e. The van der Waals surface area contributed by atoms with Crippen LogP contribution in [0.2, 0.25) is 0 Å². The first-order chi connectivity index (χ1) is 13.1. The van der Waals surface area contributed by atoms with Gasteiger partial charge in [-0.15, -0.1) is 0 Å². The number of hydrogen-bond acceptors (Lipinski definition) is 7. The van der Waals surface area contributed by atoms with E-state index >= 15 is 0 Å². The van der Waals surface area contributed by atoms with Crippen LogP contribution in [0.1, 0.15) is 5.56 Å². The molecular formula is C15H16F4N6O3. The Bertz CT molecular complexity index is 782. The SMILES string of the molecule is CNC(CNC(=O)/C(C=N)=N/Nc1ccc(C(F)(F)F)c(F)c1)C(=O)NC=O. The molecule has 0 fully saturated rings. The number of imide groups is 1. The van der Waals surface area contributed by atoms with E-state index in [1.165, 1.54) is 7.05 Å². The number of carbonyl (C=O) groups is 3. The van der Waals surface area contributed by atoms with Gasteiger partial charge in [-0.2, -0.15) is 18.3 Å². The molecule has 1 aromatic carbocycles. The van der Waals surface area contributed by atoms with Crippen molar-refractivity contribution in [2.75, 3.05) is 19.0 Å². The van der Waals surface area contributed by atoms with Crippen LogP contribution in [0.4, 0.5) is 23.2 Å². The molecule has 0 radical (unpaired) electrons. The number of likely N-dealkylation sites (N-methyl/N-ethyl adjacent to an activating group) is 1. The highest BCUT2D eigenvalue weighted by atomic mass is 19.4. The molecule has 0 bridgehead atoms. The molecule has 5 N–H and O–H groups in total. The number of alkyl halides is 3. The monoisotopic (exact) mass is 404 g/mol. The third kappa shape index (κ3) is 6.42. The topological polar surface area (TPSA) is 136 Å². The Morgan fingerprint density at radius 1 is 1.32 bits per heavy atom. The van der Waals surface area contributed by atoms with Gasteiger partial charge in [-0.05, 0) is 25.2 Å². The molecule has 1 rings (SSSR count). The normalized spacial score (nSPS) is 12.7. The second kappa shape index (κ2) is 10.1. The number of anilines is 1. The van der Waals surface area contributed by atoms with E-state index in [1.54, 1.807) is 0 Å². The predicted octanol–water partition coefficient (Wildman–Crippen LogP) is 0.239. The fourth-order valence-corrected chi connectivity index (χ4v) is 1.86. The van der Waals surface area contributed by atoms with Crippen LogP contribution in [0.15, 0.2) is 23.3 Å². The van der Waals surface area contributed by atoms with Gasteiger partial charge in [0, 0.05) is 6.54 Å². The number of amides is 3. The average Bonchev–Trinajstić information content (AvgIpc) is 2.62. The molecule has 3 amide bonds. The molecule has 0 saturated carbocycles. The van der Waals surface area contributed by atoms with Gasteiger partial charge in [-0.1, -0.05) is 0 Å². The van der Waals surface area contributed by atoms with Gasteiger partial charge in [0.15, 0.2) is 5.71 Å². The molecule has 0 heterocycles. The van der Waals surface area contributed by atoms with Crippen molar-refractivity contribution in [2.24, 2.45) is 5.10 Å². The molecule has 1 aromatic rings. The fraction of sp³-hybridized carbons (Fsp3) is 0.267. The second-order valence-corrected chi connectivity index (χ2v) is 5.12. The maximum atomic E-state index is 13.5. The molecule has 0 saturated heterocycles. The molecule has 0 aromatic heterocycles. The Hall–Kier alpha value is -3.35. The van der Waals surface area contributed by atoms with Crippen LogP contribution in [-0.2, 0) is 20.6 Å². The van der Waals surface area contributed by atoms with Crippen molar-refractivity contribution in [2.45, 2.75) is 12.2 Å². The van der Waals surface area contributed by atoms with Gasteiger partial charge in [-0.3, -0.25) is 25.1 Å². The Morgan fingerprint density at radius 2 is 2.00 bits per heavy atom. The number of halogens is 4. The highest BCUT2D eigenvalue weighted by Crippen LogP contribution is 2.32. The van der Waals surface area contributed by atoms with Crippen LogP contribution in [0.5, 0.6) is 0 Å². The van der Waals surface area contributed by atoms with Gasteiger partial charge in [0.05, 0.1) is 17.5 Å². The van der Waals surface area contributed by atoms with Crippen molar-refractivity contribution in [3.8, 4) is 0 Å². The number of carbonyl (C=O) groups excluding carboxylic acids is 3. The van der Waals surface area contributed by atoms with E-state index in [2.05, 4.69) is 21.2 Å². The standard InChI is InChI=1S/C15H16F4N6O3/c1-21-12(14(28)23-7-26)6-22-13(27)11(5-20)25-24-8-2-3-9(10(16)4-8)15(17,18)19/h2-5,7,12,20-21,24H,6H2,1H3,(H,22,27)(H,23,26,28)/b20-5?,25-11+. The van der Waals surface area contributed by atoms with Crippen molar-refractivity contribution in [3.05, 3.63) is 29.6 Å². The minimum atomic E-state index is -4.86. The molecule has 9 nitrogen and oxygen atoms in total. The van der Waals surface area contributed by atoms with Gasteiger partial charge in [-0.25, -0.2) is 4.39 Å². The second-order valence-electron chi connectivity index (χ2n) is 5.12. The van der Waals surface area contributed by atoms with E-state index in [0.29, 0.717) is 18.3 Å². The van der Waals surface area contributed by atoms with Crippen LogP contribution in [-0.4, -0.2) is 49.8 Å². The molecule has 0 aliphatic rings. The number of benzene rings is 1. The summed E-state index contributed by atoms with van der Waals surface area (Å²) in [5.74, 6) is -3.13. The van der Waals surface area contributed by atoms with Crippen LogP contribution >= 0.6 is 0 Å². The van der Waals surface area contributed by atoms with E-state index in [0.717, 1.165) is 6.07 Å². The van der Waals surface area contributed by atoms with E-state index in [4.69, 9.17) is 5.41 Å². The van der Waals surface area contributed by atoms with Gasteiger partial charge in [0.2, 0.25) is 12.3 Å². The van der Waals surface area contributed by atoms with Crippen LogP contribution in [0, 0.1) is 11.2 Å². The molecule has 1 atom stereocenters. The number of hydrazone groups is 1. The molecule has 0 aliphatic carbocycles. The highest BCUT2D eigenvalue weighted by Gasteiger charge is 2.33. The largest absolute Gasteiger partial charge is 0.419 e. The summed E-state index contributed by atoms with van der Waals surface area (Å²) >= 11 is 0. The third-order valence-corrected chi connectivity index (χ3v) is 3.28. The first kappa shape index (κ1) is 22.7. The van der Waals surface area contributed by atoms with E-state index in [-0.39, 0.29) is 18.6 Å². The molecular weight excluding hydrogens is 388 g/mol. The van der Waals surface area contributed by atoms with Crippen molar-refractivity contribution < 1.29 is 31.9 Å². The Labute approximate surface area is 156 Å². The maximum Gasteiger partial charge on any atom is 0.419 e. The predicted molar refractivity (Wildman–Crippen MR) is 91.3 cm³/mol. The van der Waals surface area contributed by atoms with Crippen LogP contribution in [0.25, 0.3) is 0 Å². The number of hydrogen-bond donors (Lipinski definition) is 5. The third-order valence-electron chi connectivity index (χ3n) is 3.28. The summed E-state index contributed by atoms with van der Waals surface area (Å²) in [6.45, 7) is -0.253. The molecule has 13 heteroatoms. The summed E-state index contributed by atoms with van der Waals surface area (Å²) in [6.07, 6.45) is -4.14. The fourth-order valence-electron chi connectivity index (χ4n) is 1.86. The zero-order valence-corrected chi connectivity index (χ0v) is 14.4. The molecule has 0 aliphatic heterocycles. The van der Waals surface area contributed by atoms with E-state index in [1.807, 2.05) is 5.32 Å². The van der Waals surface area contributed by atoms with E-state index in [9.17, 15) is 31.9 Å². The zero-order valence-electron chi connectivity index (χ0n) is 14.4. The zero-order chi connectivity index (χ0) is 21.3. The van der Waals surface area contributed by atoms with Crippen molar-refractivity contribution >= 4 is 35.8 Å². The quantitative estimate of drug-likeness (QED) is 0.174. The summed E-state index contributed by atoms with van der Waals surface area (Å²) in [6, 6.07) is 0.987. The minimum Gasteiger partial charge on any atom is -0.348 e. The van der Waals surface area contributed by atoms with Crippen LogP contribution in [0.3, 0.4) is 0 Å². The summed E-state index contributed by atoms with van der Waals surface area (Å²) < 4.78 is 51.0. The first-order valence-corrected chi connectivity index (χ1v) is 7.54. The van der Waals surface area contributed by atoms with Crippen molar-refractivity contribution in [1.29, 1.82) is 5.41 Å². The van der Waals surface area contributed by atoms with E-state index < -0.39 is 41.1 Å². The lowest BCUT2D eigenvalue weighted by molar-refractivity contribution is -0.140. The van der Waals surface area contributed by atoms with Crippen LogP contribution < -0.4 is 21.4 Å². The minimum absolute atomic E-state index is 0.173. The molecule has 28 heavy (non-hydrogen) atoms. The summed E-state index contributed by atoms with van der Waals surface area (Å²) in [4.78, 5) is 33.7. The number of nitrogens with one attached hydrogen (secondary N) is 5. The number of rotatable bonds is 9. The Morgan fingerprint density at radius 3 is 2.50 bits per heavy atom. The Kier molecular flexibility index (Phi) is 8.19. The molecule has 152 valence electrons. The average molecular weight is 404 g/mol. The van der Waals surface area contributed by atoms with Gasteiger partial charge < -0.3 is 16.0 Å². The first-order valence-electron chi connectivity index (χ1n) is 7.54. The summed E-state index contributed by atoms with van der Waals surface area (Å²) in [7, 11) is 1.41. The van der Waals surface area contributed by atoms with Crippen molar-refractivity contribution in [1.82, 2.24) is 16.0 Å². The molecule has 1 unspecified atom stereocenters. The van der Waals surface area contributed by atoms with Crippen molar-refractivity contribution in [3.63, 3.8) is 0 Å². The highest BCUT2D eigenvalue weighted by molar-refractivity contribution is 6.60. The lowest BCUT2D eigenvalue weighted by atomic mass is 10.2. The lowest BCUT2D eigenvalue weighted by Gasteiger charge is -2.14. The summed E-state index contributed by atoms with van der Waals surface area (Å²) in [5.41, 5.74) is 0.0299. The molecule has 0 spiro atoms. The van der Waals surface area contributed by atoms with Gasteiger partial charge in [0.1, 0.15) is 11.9 Å². The van der Waals surface area contributed by atoms with Gasteiger partial charge in [0.25, 0.3) is 5.91 Å². The van der Waals surface area contributed by atoms with Gasteiger partial charge >= 0.3 is 6.18 Å².